The van der Waals surface area contributed by atoms with Crippen molar-refractivity contribution in [3.05, 3.63) is 35.6 Å². The SMILES string of the molecule is CCCCc1oc2ccccc2c1CNC1(C)CC1. The van der Waals surface area contributed by atoms with Crippen LogP contribution in [0.3, 0.4) is 0 Å². The summed E-state index contributed by atoms with van der Waals surface area (Å²) in [5.74, 6) is 1.18. The second kappa shape index (κ2) is 5.01. The van der Waals surface area contributed by atoms with E-state index in [9.17, 15) is 0 Å². The van der Waals surface area contributed by atoms with Gasteiger partial charge in [-0.05, 0) is 32.3 Å². The Morgan fingerprint density at radius 2 is 2.05 bits per heavy atom. The molecule has 2 nitrogen and oxygen atoms in total. The summed E-state index contributed by atoms with van der Waals surface area (Å²) < 4.78 is 6.05. The molecule has 3 rings (SSSR count). The van der Waals surface area contributed by atoms with Crippen LogP contribution in [-0.2, 0) is 13.0 Å². The summed E-state index contributed by atoms with van der Waals surface area (Å²) in [4.78, 5) is 0. The first kappa shape index (κ1) is 12.7. The van der Waals surface area contributed by atoms with Crippen molar-refractivity contribution in [2.45, 2.75) is 58.0 Å². The minimum absolute atomic E-state index is 0.375. The molecule has 0 aliphatic heterocycles. The molecular weight excluding hydrogens is 234 g/mol. The molecule has 1 aromatic carbocycles. The molecule has 1 aliphatic rings. The maximum absolute atomic E-state index is 6.05. The lowest BCUT2D eigenvalue weighted by Gasteiger charge is -2.11. The van der Waals surface area contributed by atoms with Crippen LogP contribution in [0.4, 0.5) is 0 Å². The Bertz CT molecular complexity index is 566. The van der Waals surface area contributed by atoms with Gasteiger partial charge in [-0.25, -0.2) is 0 Å². The van der Waals surface area contributed by atoms with Gasteiger partial charge in [-0.1, -0.05) is 31.5 Å². The molecule has 0 spiro atoms. The van der Waals surface area contributed by atoms with Crippen molar-refractivity contribution in [2.75, 3.05) is 0 Å². The number of rotatable bonds is 6. The van der Waals surface area contributed by atoms with Crippen molar-refractivity contribution in [2.24, 2.45) is 0 Å². The van der Waals surface area contributed by atoms with Gasteiger partial charge in [-0.2, -0.15) is 0 Å². The fourth-order valence-corrected chi connectivity index (χ4v) is 2.55. The Hall–Kier alpha value is -1.28. The molecule has 1 fully saturated rings. The van der Waals surface area contributed by atoms with E-state index in [1.54, 1.807) is 0 Å². The highest BCUT2D eigenvalue weighted by molar-refractivity contribution is 5.82. The minimum atomic E-state index is 0.375. The average Bonchev–Trinajstić information content (AvgIpc) is 3.04. The molecule has 1 aliphatic carbocycles. The molecular formula is C17H23NO. The van der Waals surface area contributed by atoms with Crippen molar-refractivity contribution < 1.29 is 4.42 Å². The molecule has 1 N–H and O–H groups in total. The van der Waals surface area contributed by atoms with Crippen LogP contribution in [0.15, 0.2) is 28.7 Å². The zero-order valence-electron chi connectivity index (χ0n) is 12.0. The van der Waals surface area contributed by atoms with Crippen molar-refractivity contribution in [1.82, 2.24) is 5.32 Å². The van der Waals surface area contributed by atoms with Crippen LogP contribution in [0.1, 0.15) is 50.9 Å². The Labute approximate surface area is 115 Å². The lowest BCUT2D eigenvalue weighted by Crippen LogP contribution is -2.27. The van der Waals surface area contributed by atoms with E-state index in [-0.39, 0.29) is 0 Å². The van der Waals surface area contributed by atoms with E-state index >= 15 is 0 Å². The van der Waals surface area contributed by atoms with Crippen LogP contribution < -0.4 is 5.32 Å². The summed E-state index contributed by atoms with van der Waals surface area (Å²) in [6, 6.07) is 8.41. The van der Waals surface area contributed by atoms with E-state index in [2.05, 4.69) is 43.4 Å². The van der Waals surface area contributed by atoms with Crippen LogP contribution in [-0.4, -0.2) is 5.54 Å². The highest BCUT2D eigenvalue weighted by Gasteiger charge is 2.36. The van der Waals surface area contributed by atoms with Gasteiger partial charge < -0.3 is 9.73 Å². The van der Waals surface area contributed by atoms with Crippen LogP contribution >= 0.6 is 0 Å². The number of nitrogens with one attached hydrogen (secondary N) is 1. The monoisotopic (exact) mass is 257 g/mol. The molecule has 19 heavy (non-hydrogen) atoms. The zero-order valence-corrected chi connectivity index (χ0v) is 12.0. The van der Waals surface area contributed by atoms with Gasteiger partial charge in [-0.15, -0.1) is 0 Å². The quantitative estimate of drug-likeness (QED) is 0.828. The highest BCUT2D eigenvalue weighted by atomic mass is 16.3. The summed E-state index contributed by atoms with van der Waals surface area (Å²) in [7, 11) is 0. The highest BCUT2D eigenvalue weighted by Crippen LogP contribution is 2.35. The van der Waals surface area contributed by atoms with Crippen LogP contribution in [0.25, 0.3) is 11.0 Å². The number of unbranched alkanes of at least 4 members (excludes halogenated alkanes) is 1. The molecule has 0 saturated heterocycles. The molecule has 1 saturated carbocycles. The minimum Gasteiger partial charge on any atom is -0.461 e. The molecule has 2 aromatic rings. The Balaban J connectivity index is 1.88. The number of furan rings is 1. The number of fused-ring (bicyclic) bond motifs is 1. The second-order valence-corrected chi connectivity index (χ2v) is 6.02. The summed E-state index contributed by atoms with van der Waals surface area (Å²) in [5, 5.41) is 4.97. The number of hydrogen-bond acceptors (Lipinski definition) is 2. The molecule has 0 bridgehead atoms. The van der Waals surface area contributed by atoms with E-state index in [1.807, 2.05) is 0 Å². The lowest BCUT2D eigenvalue weighted by molar-refractivity contribution is 0.504. The Kier molecular flexibility index (Phi) is 3.36. The van der Waals surface area contributed by atoms with E-state index in [0.29, 0.717) is 5.54 Å². The second-order valence-electron chi connectivity index (χ2n) is 6.02. The molecule has 0 atom stereocenters. The van der Waals surface area contributed by atoms with Gasteiger partial charge >= 0.3 is 0 Å². The smallest absolute Gasteiger partial charge is 0.134 e. The summed E-state index contributed by atoms with van der Waals surface area (Å²) >= 11 is 0. The summed E-state index contributed by atoms with van der Waals surface area (Å²) in [6.07, 6.45) is 6.06. The van der Waals surface area contributed by atoms with E-state index in [1.165, 1.54) is 42.4 Å². The van der Waals surface area contributed by atoms with Crippen LogP contribution in [0.5, 0.6) is 0 Å². The molecule has 102 valence electrons. The third kappa shape index (κ3) is 2.69. The molecule has 0 radical (unpaired) electrons. The van der Waals surface area contributed by atoms with E-state index in [0.717, 1.165) is 18.5 Å². The van der Waals surface area contributed by atoms with Gasteiger partial charge in [0.05, 0.1) is 0 Å². The first-order valence-corrected chi connectivity index (χ1v) is 7.46. The largest absolute Gasteiger partial charge is 0.461 e. The van der Waals surface area contributed by atoms with Gasteiger partial charge in [0.15, 0.2) is 0 Å². The Morgan fingerprint density at radius 1 is 1.26 bits per heavy atom. The molecule has 0 unspecified atom stereocenters. The third-order valence-electron chi connectivity index (χ3n) is 4.23. The van der Waals surface area contributed by atoms with Crippen molar-refractivity contribution >= 4 is 11.0 Å². The normalized spacial score (nSPS) is 16.9. The number of benzene rings is 1. The molecule has 0 amide bonds. The van der Waals surface area contributed by atoms with Gasteiger partial charge in [0.25, 0.3) is 0 Å². The van der Waals surface area contributed by atoms with Crippen LogP contribution in [0, 0.1) is 0 Å². The van der Waals surface area contributed by atoms with Crippen molar-refractivity contribution in [1.29, 1.82) is 0 Å². The first-order chi connectivity index (χ1) is 9.22. The Morgan fingerprint density at radius 3 is 2.79 bits per heavy atom. The van der Waals surface area contributed by atoms with Crippen molar-refractivity contribution in [3.8, 4) is 0 Å². The predicted molar refractivity (Wildman–Crippen MR) is 79.3 cm³/mol. The van der Waals surface area contributed by atoms with Gasteiger partial charge in [0, 0.05) is 29.5 Å². The fourth-order valence-electron chi connectivity index (χ4n) is 2.55. The summed E-state index contributed by atoms with van der Waals surface area (Å²) in [6.45, 7) is 5.47. The predicted octanol–water partition coefficient (Wildman–Crippen LogP) is 4.42. The summed E-state index contributed by atoms with van der Waals surface area (Å²) in [5.41, 5.74) is 2.78. The van der Waals surface area contributed by atoms with E-state index < -0.39 is 0 Å². The molecule has 1 heterocycles. The number of hydrogen-bond donors (Lipinski definition) is 1. The van der Waals surface area contributed by atoms with Gasteiger partial charge in [0.2, 0.25) is 0 Å². The van der Waals surface area contributed by atoms with Gasteiger partial charge in [0.1, 0.15) is 11.3 Å². The van der Waals surface area contributed by atoms with Crippen molar-refractivity contribution in [3.63, 3.8) is 0 Å². The first-order valence-electron chi connectivity index (χ1n) is 7.46. The maximum Gasteiger partial charge on any atom is 0.134 e. The van der Waals surface area contributed by atoms with Crippen LogP contribution in [0.2, 0.25) is 0 Å². The average molecular weight is 257 g/mol. The topological polar surface area (TPSA) is 25.2 Å². The maximum atomic E-state index is 6.05. The zero-order chi connectivity index (χ0) is 13.3. The van der Waals surface area contributed by atoms with E-state index in [4.69, 9.17) is 4.42 Å². The molecule has 1 aromatic heterocycles. The van der Waals surface area contributed by atoms with Gasteiger partial charge in [-0.3, -0.25) is 0 Å². The third-order valence-corrected chi connectivity index (χ3v) is 4.23. The molecule has 2 heteroatoms. The standard InChI is InChI=1S/C17H23NO/c1-3-4-8-16-14(12-18-17(2)10-11-17)13-7-5-6-9-15(13)19-16/h5-7,9,18H,3-4,8,10-12H2,1-2H3. The fraction of sp³-hybridized carbons (Fsp3) is 0.529. The number of aryl methyl sites for hydroxylation is 1. The number of para-hydroxylation sites is 1. The lowest BCUT2D eigenvalue weighted by atomic mass is 10.1.